The lowest BCUT2D eigenvalue weighted by Gasteiger charge is -2.12. The van der Waals surface area contributed by atoms with E-state index in [4.69, 9.17) is 10.8 Å². The molecule has 4 N–H and O–H groups in total. The first-order valence-electron chi connectivity index (χ1n) is 6.23. The van der Waals surface area contributed by atoms with Crippen LogP contribution in [0.2, 0.25) is 0 Å². The second-order valence-corrected chi connectivity index (χ2v) is 5.09. The van der Waals surface area contributed by atoms with E-state index in [2.05, 4.69) is 15.0 Å². The Morgan fingerprint density at radius 3 is 2.81 bits per heavy atom. The molecule has 0 radical (unpaired) electrons. The fraction of sp³-hybridized carbons (Fsp3) is 0.500. The van der Waals surface area contributed by atoms with E-state index in [9.17, 15) is 14.4 Å². The first kappa shape index (κ1) is 17.1. The Bertz CT molecular complexity index is 517. The number of thiazole rings is 1. The zero-order chi connectivity index (χ0) is 15.8. The van der Waals surface area contributed by atoms with Gasteiger partial charge >= 0.3 is 11.9 Å². The molecule has 1 amide bonds. The number of carboxylic acid groups (broad SMARTS) is 1. The summed E-state index contributed by atoms with van der Waals surface area (Å²) in [6.45, 7) is 0.422. The predicted octanol–water partition coefficient (Wildman–Crippen LogP) is -0.219. The molecule has 21 heavy (non-hydrogen) atoms. The van der Waals surface area contributed by atoms with Gasteiger partial charge in [0.05, 0.1) is 12.1 Å². The number of methoxy groups -OCH3 is 1. The van der Waals surface area contributed by atoms with Crippen LogP contribution < -0.4 is 11.1 Å². The molecular formula is C12H17N3O5S. The van der Waals surface area contributed by atoms with Gasteiger partial charge in [0.15, 0.2) is 0 Å². The number of esters is 1. The maximum Gasteiger partial charge on any atom is 0.326 e. The molecule has 0 bridgehead atoms. The lowest BCUT2D eigenvalue weighted by atomic mass is 10.1. The minimum absolute atomic E-state index is 0.0481. The van der Waals surface area contributed by atoms with Crippen molar-refractivity contribution in [1.29, 1.82) is 0 Å². The van der Waals surface area contributed by atoms with Gasteiger partial charge in [0.2, 0.25) is 0 Å². The molecule has 1 aromatic rings. The topological polar surface area (TPSA) is 132 Å². The predicted molar refractivity (Wildman–Crippen MR) is 75.0 cm³/mol. The zero-order valence-electron chi connectivity index (χ0n) is 11.5. The van der Waals surface area contributed by atoms with Crippen LogP contribution in [0.5, 0.6) is 0 Å². The minimum Gasteiger partial charge on any atom is -0.480 e. The van der Waals surface area contributed by atoms with Crippen molar-refractivity contribution in [3.05, 3.63) is 16.1 Å². The van der Waals surface area contributed by atoms with Gasteiger partial charge in [0.25, 0.3) is 5.91 Å². The van der Waals surface area contributed by atoms with Gasteiger partial charge in [-0.3, -0.25) is 9.59 Å². The van der Waals surface area contributed by atoms with Crippen molar-refractivity contribution in [3.8, 4) is 0 Å². The lowest BCUT2D eigenvalue weighted by molar-refractivity contribution is -0.142. The zero-order valence-corrected chi connectivity index (χ0v) is 12.3. The Morgan fingerprint density at radius 1 is 1.52 bits per heavy atom. The van der Waals surface area contributed by atoms with E-state index < -0.39 is 23.9 Å². The second kappa shape index (κ2) is 8.32. The maximum absolute atomic E-state index is 11.9. The molecule has 8 nitrogen and oxygen atoms in total. The molecule has 0 aromatic carbocycles. The molecule has 9 heteroatoms. The first-order valence-corrected chi connectivity index (χ1v) is 7.10. The normalized spacial score (nSPS) is 11.7. The van der Waals surface area contributed by atoms with Gasteiger partial charge in [0, 0.05) is 18.2 Å². The third-order valence-electron chi connectivity index (χ3n) is 2.61. The third kappa shape index (κ3) is 5.48. The number of amides is 1. The molecule has 1 rings (SSSR count). The van der Waals surface area contributed by atoms with E-state index in [0.717, 1.165) is 0 Å². The van der Waals surface area contributed by atoms with Crippen LogP contribution in [0.3, 0.4) is 0 Å². The number of carbonyl (C=O) groups is 3. The Hall–Kier alpha value is -2.00. The van der Waals surface area contributed by atoms with Crippen LogP contribution in [0.25, 0.3) is 0 Å². The monoisotopic (exact) mass is 315 g/mol. The number of ether oxygens (including phenoxy) is 1. The van der Waals surface area contributed by atoms with Crippen molar-refractivity contribution in [2.24, 2.45) is 5.73 Å². The standard InChI is InChI=1S/C12H17N3O5S/c1-20-10(16)3-2-7(12(18)19)15-11(17)8-6-21-9(14-8)4-5-13/h6-7H,2-5,13H2,1H3,(H,15,17)(H,18,19)/t7-/m1/s1. The highest BCUT2D eigenvalue weighted by molar-refractivity contribution is 7.09. The van der Waals surface area contributed by atoms with Crippen LogP contribution >= 0.6 is 11.3 Å². The fourth-order valence-corrected chi connectivity index (χ4v) is 2.30. The summed E-state index contributed by atoms with van der Waals surface area (Å²) in [6.07, 6.45) is 0.416. The summed E-state index contributed by atoms with van der Waals surface area (Å²) in [7, 11) is 1.21. The van der Waals surface area contributed by atoms with Gasteiger partial charge in [-0.15, -0.1) is 11.3 Å². The fourth-order valence-electron chi connectivity index (χ4n) is 1.51. The summed E-state index contributed by atoms with van der Waals surface area (Å²) in [5.74, 6) is -2.34. The third-order valence-corrected chi connectivity index (χ3v) is 3.52. The quantitative estimate of drug-likeness (QED) is 0.565. The molecule has 1 aromatic heterocycles. The summed E-state index contributed by atoms with van der Waals surface area (Å²) >= 11 is 1.29. The number of nitrogens with one attached hydrogen (secondary N) is 1. The highest BCUT2D eigenvalue weighted by Crippen LogP contribution is 2.10. The Morgan fingerprint density at radius 2 is 2.24 bits per heavy atom. The summed E-state index contributed by atoms with van der Waals surface area (Å²) in [6, 6.07) is -1.17. The van der Waals surface area contributed by atoms with Gasteiger partial charge in [-0.2, -0.15) is 0 Å². The van der Waals surface area contributed by atoms with E-state index in [0.29, 0.717) is 18.0 Å². The molecule has 0 aliphatic heterocycles. The highest BCUT2D eigenvalue weighted by Gasteiger charge is 2.23. The molecule has 0 spiro atoms. The second-order valence-electron chi connectivity index (χ2n) is 4.14. The Kier molecular flexibility index (Phi) is 6.76. The first-order chi connectivity index (χ1) is 9.97. The number of nitrogens with two attached hydrogens (primary N) is 1. The largest absolute Gasteiger partial charge is 0.480 e. The van der Waals surface area contributed by atoms with Crippen LogP contribution in [0.1, 0.15) is 28.3 Å². The molecule has 0 saturated carbocycles. The van der Waals surface area contributed by atoms with Gasteiger partial charge < -0.3 is 20.9 Å². The van der Waals surface area contributed by atoms with E-state index >= 15 is 0 Å². The Labute approximate surface area is 125 Å². The van der Waals surface area contributed by atoms with Crippen LogP contribution in [0.15, 0.2) is 5.38 Å². The molecule has 1 heterocycles. The number of aliphatic carboxylic acids is 1. The van der Waals surface area contributed by atoms with Crippen molar-refractivity contribution >= 4 is 29.2 Å². The highest BCUT2D eigenvalue weighted by atomic mass is 32.1. The van der Waals surface area contributed by atoms with Gasteiger partial charge in [-0.1, -0.05) is 0 Å². The molecule has 0 unspecified atom stereocenters. The molecule has 0 fully saturated rings. The molecule has 0 saturated heterocycles. The van der Waals surface area contributed by atoms with E-state index in [1.54, 1.807) is 5.38 Å². The summed E-state index contributed by atoms with van der Waals surface area (Å²) in [4.78, 5) is 38.1. The number of carbonyl (C=O) groups excluding carboxylic acids is 2. The minimum atomic E-state index is -1.22. The number of hydrogen-bond acceptors (Lipinski definition) is 7. The number of aromatic nitrogens is 1. The smallest absolute Gasteiger partial charge is 0.326 e. The van der Waals surface area contributed by atoms with E-state index in [1.165, 1.54) is 18.4 Å². The summed E-state index contributed by atoms with van der Waals surface area (Å²) in [5, 5.41) is 13.6. The Balaban J connectivity index is 2.62. The molecule has 0 aliphatic rings. The van der Waals surface area contributed by atoms with Gasteiger partial charge in [-0.25, -0.2) is 9.78 Å². The molecule has 0 aliphatic carbocycles. The SMILES string of the molecule is COC(=O)CC[C@@H](NC(=O)c1csc(CCN)n1)C(=O)O. The van der Waals surface area contributed by atoms with Crippen molar-refractivity contribution in [2.75, 3.05) is 13.7 Å². The average molecular weight is 315 g/mol. The molecule has 1 atom stereocenters. The van der Waals surface area contributed by atoms with Gasteiger partial charge in [-0.05, 0) is 13.0 Å². The van der Waals surface area contributed by atoms with Crippen LogP contribution in [-0.2, 0) is 20.7 Å². The van der Waals surface area contributed by atoms with E-state index in [-0.39, 0.29) is 18.5 Å². The van der Waals surface area contributed by atoms with Crippen molar-refractivity contribution in [1.82, 2.24) is 10.3 Å². The van der Waals surface area contributed by atoms with E-state index in [1.807, 2.05) is 0 Å². The van der Waals surface area contributed by atoms with Crippen LogP contribution in [-0.4, -0.2) is 47.6 Å². The van der Waals surface area contributed by atoms with Gasteiger partial charge in [0.1, 0.15) is 11.7 Å². The van der Waals surface area contributed by atoms with Crippen LogP contribution in [0, 0.1) is 0 Å². The number of nitrogens with zero attached hydrogens (tertiary/aromatic N) is 1. The summed E-state index contributed by atoms with van der Waals surface area (Å²) in [5.41, 5.74) is 5.54. The van der Waals surface area contributed by atoms with Crippen molar-refractivity contribution in [2.45, 2.75) is 25.3 Å². The van der Waals surface area contributed by atoms with Crippen molar-refractivity contribution < 1.29 is 24.2 Å². The molecular weight excluding hydrogens is 298 g/mol. The van der Waals surface area contributed by atoms with Crippen molar-refractivity contribution in [3.63, 3.8) is 0 Å². The lowest BCUT2D eigenvalue weighted by Crippen LogP contribution is -2.41. The summed E-state index contributed by atoms with van der Waals surface area (Å²) < 4.78 is 4.43. The molecule has 116 valence electrons. The number of hydrogen-bond donors (Lipinski definition) is 3. The number of carboxylic acids is 1. The maximum atomic E-state index is 11.9. The van der Waals surface area contributed by atoms with Crippen LogP contribution in [0.4, 0.5) is 0 Å². The average Bonchev–Trinajstić information content (AvgIpc) is 2.91. The number of rotatable bonds is 8.